The largest absolute Gasteiger partial charge is 0.342 e. The zero-order chi connectivity index (χ0) is 25.5. The molecule has 0 radical (unpaired) electrons. The van der Waals surface area contributed by atoms with E-state index in [1.807, 2.05) is 43.5 Å². The first-order valence-corrected chi connectivity index (χ1v) is 12.7. The summed E-state index contributed by atoms with van der Waals surface area (Å²) in [6.45, 7) is 10.2. The second-order valence-corrected chi connectivity index (χ2v) is 9.97. The van der Waals surface area contributed by atoms with Crippen LogP contribution in [0.1, 0.15) is 41.6 Å². The van der Waals surface area contributed by atoms with E-state index in [-0.39, 0.29) is 34.5 Å². The van der Waals surface area contributed by atoms with Crippen molar-refractivity contribution in [2.45, 2.75) is 38.5 Å². The molecule has 0 spiro atoms. The molecule has 1 heterocycles. The summed E-state index contributed by atoms with van der Waals surface area (Å²) in [6, 6.07) is 12.1. The minimum absolute atomic E-state index is 0.0441. The molecule has 3 rings (SSSR count). The average molecular weight is 532 g/mol. The Balaban J connectivity index is 1.76. The summed E-state index contributed by atoms with van der Waals surface area (Å²) in [5.74, 6) is 0.277. The Morgan fingerprint density at radius 1 is 1.17 bits per heavy atom. The molecule has 0 aliphatic rings. The van der Waals surface area contributed by atoms with Gasteiger partial charge < -0.3 is 15.2 Å². The molecule has 0 fully saturated rings. The van der Waals surface area contributed by atoms with Crippen LogP contribution in [0, 0.1) is 12.8 Å². The van der Waals surface area contributed by atoms with E-state index in [2.05, 4.69) is 27.4 Å². The Morgan fingerprint density at radius 2 is 1.91 bits per heavy atom. The smallest absolute Gasteiger partial charge is 0.251 e. The van der Waals surface area contributed by atoms with Crippen LogP contribution in [0.3, 0.4) is 0 Å². The number of amides is 2. The summed E-state index contributed by atoms with van der Waals surface area (Å²) in [6.07, 6.45) is 1.72. The number of carbonyl (C=O) groups is 2. The van der Waals surface area contributed by atoms with Gasteiger partial charge in [-0.3, -0.25) is 9.59 Å². The van der Waals surface area contributed by atoms with E-state index < -0.39 is 0 Å². The molecule has 0 saturated heterocycles. The van der Waals surface area contributed by atoms with Crippen LogP contribution in [-0.2, 0) is 11.3 Å². The number of allylic oxidation sites excluding steroid dienone is 1. The molecular weight excluding hydrogens is 505 g/mol. The second-order valence-electron chi connectivity index (χ2n) is 8.24. The standard InChI is InChI=1S/C25H27Cl2N5O2S/c1-5-12-32-23(22(15(2)3)29-24(34)17-9-6-8-16(4)13-17)30-31-25(32)35-14-20(33)28-19-11-7-10-18(26)21(19)27/h5-11,13,15,22H,1,12,14H2,2-4H3,(H,28,33)(H,29,34)/t22-/m1/s1. The topological polar surface area (TPSA) is 88.9 Å². The first kappa shape index (κ1) is 26.8. The Morgan fingerprint density at radius 3 is 2.60 bits per heavy atom. The van der Waals surface area contributed by atoms with Crippen molar-refractivity contribution in [3.63, 3.8) is 0 Å². The predicted octanol–water partition coefficient (Wildman–Crippen LogP) is 5.94. The Bertz CT molecular complexity index is 1230. The Labute approximate surface area is 219 Å². The maximum absolute atomic E-state index is 12.9. The number of anilines is 1. The van der Waals surface area contributed by atoms with Gasteiger partial charge in [0.25, 0.3) is 5.91 Å². The zero-order valence-electron chi connectivity index (χ0n) is 19.7. The fraction of sp³-hybridized carbons (Fsp3) is 0.280. The molecule has 0 unspecified atom stereocenters. The lowest BCUT2D eigenvalue weighted by Crippen LogP contribution is -2.34. The van der Waals surface area contributed by atoms with Gasteiger partial charge in [0, 0.05) is 12.1 Å². The van der Waals surface area contributed by atoms with Gasteiger partial charge in [-0.15, -0.1) is 16.8 Å². The molecule has 2 amide bonds. The van der Waals surface area contributed by atoms with E-state index in [0.717, 1.165) is 5.56 Å². The highest BCUT2D eigenvalue weighted by Gasteiger charge is 2.26. The molecule has 2 N–H and O–H groups in total. The van der Waals surface area contributed by atoms with Crippen LogP contribution in [0.2, 0.25) is 10.0 Å². The zero-order valence-corrected chi connectivity index (χ0v) is 22.0. The van der Waals surface area contributed by atoms with Gasteiger partial charge in [0.15, 0.2) is 11.0 Å². The SMILES string of the molecule is C=CCn1c(SCC(=O)Nc2cccc(Cl)c2Cl)nnc1[C@H](NC(=O)c1cccc(C)c1)C(C)C. The van der Waals surface area contributed by atoms with E-state index in [9.17, 15) is 9.59 Å². The summed E-state index contributed by atoms with van der Waals surface area (Å²) < 4.78 is 1.86. The molecule has 1 atom stereocenters. The first-order valence-electron chi connectivity index (χ1n) is 11.0. The van der Waals surface area contributed by atoms with E-state index in [4.69, 9.17) is 23.2 Å². The number of nitrogens with zero attached hydrogens (tertiary/aromatic N) is 3. The van der Waals surface area contributed by atoms with Crippen LogP contribution < -0.4 is 10.6 Å². The Hall–Kier alpha value is -2.81. The van der Waals surface area contributed by atoms with Gasteiger partial charge in [-0.25, -0.2) is 0 Å². The van der Waals surface area contributed by atoms with Crippen molar-refractivity contribution in [2.24, 2.45) is 5.92 Å². The van der Waals surface area contributed by atoms with Crippen LogP contribution in [0.25, 0.3) is 0 Å². The molecule has 10 heteroatoms. The number of halogens is 2. The summed E-state index contributed by atoms with van der Waals surface area (Å²) in [5, 5.41) is 15.7. The molecule has 0 aliphatic carbocycles. The van der Waals surface area contributed by atoms with Crippen molar-refractivity contribution >= 4 is 52.5 Å². The summed E-state index contributed by atoms with van der Waals surface area (Å²) in [7, 11) is 0. The molecule has 3 aromatic rings. The molecule has 0 aliphatic heterocycles. The maximum Gasteiger partial charge on any atom is 0.251 e. The van der Waals surface area contributed by atoms with Crippen molar-refractivity contribution in [3.8, 4) is 0 Å². The van der Waals surface area contributed by atoms with Gasteiger partial charge in [-0.2, -0.15) is 0 Å². The lowest BCUT2D eigenvalue weighted by molar-refractivity contribution is -0.113. The number of aromatic nitrogens is 3. The lowest BCUT2D eigenvalue weighted by atomic mass is 10.0. The lowest BCUT2D eigenvalue weighted by Gasteiger charge is -2.22. The Kier molecular flexibility index (Phi) is 9.37. The van der Waals surface area contributed by atoms with Crippen LogP contribution in [0.4, 0.5) is 5.69 Å². The highest BCUT2D eigenvalue weighted by molar-refractivity contribution is 7.99. The number of benzene rings is 2. The molecule has 7 nitrogen and oxygen atoms in total. The number of hydrogen-bond acceptors (Lipinski definition) is 5. The van der Waals surface area contributed by atoms with Crippen molar-refractivity contribution in [3.05, 3.63) is 82.1 Å². The minimum Gasteiger partial charge on any atom is -0.342 e. The maximum atomic E-state index is 12.9. The summed E-state index contributed by atoms with van der Waals surface area (Å²) >= 11 is 13.4. The van der Waals surface area contributed by atoms with Gasteiger partial charge in [0.2, 0.25) is 5.91 Å². The third-order valence-electron chi connectivity index (χ3n) is 5.13. The fourth-order valence-electron chi connectivity index (χ4n) is 3.39. The third-order valence-corrected chi connectivity index (χ3v) is 6.91. The highest BCUT2D eigenvalue weighted by atomic mass is 35.5. The second kappa shape index (κ2) is 12.2. The monoisotopic (exact) mass is 531 g/mol. The molecule has 1 aromatic heterocycles. The third kappa shape index (κ3) is 6.87. The molecule has 0 saturated carbocycles. The molecule has 2 aromatic carbocycles. The van der Waals surface area contributed by atoms with Crippen molar-refractivity contribution in [1.82, 2.24) is 20.1 Å². The summed E-state index contributed by atoms with van der Waals surface area (Å²) in [4.78, 5) is 25.5. The fourth-order valence-corrected chi connectivity index (χ4v) is 4.50. The number of nitrogens with one attached hydrogen (secondary N) is 2. The predicted molar refractivity (Wildman–Crippen MR) is 142 cm³/mol. The molecule has 0 bridgehead atoms. The van der Waals surface area contributed by atoms with Gasteiger partial charge >= 0.3 is 0 Å². The van der Waals surface area contributed by atoms with Crippen molar-refractivity contribution in [2.75, 3.05) is 11.1 Å². The van der Waals surface area contributed by atoms with E-state index in [0.29, 0.717) is 33.8 Å². The van der Waals surface area contributed by atoms with E-state index in [1.54, 1.807) is 30.3 Å². The van der Waals surface area contributed by atoms with E-state index in [1.165, 1.54) is 11.8 Å². The van der Waals surface area contributed by atoms with Crippen LogP contribution >= 0.6 is 35.0 Å². The minimum atomic E-state index is -0.385. The highest BCUT2D eigenvalue weighted by Crippen LogP contribution is 2.30. The molecular formula is C25H27Cl2N5O2S. The number of rotatable bonds is 10. The van der Waals surface area contributed by atoms with Crippen LogP contribution in [0.5, 0.6) is 0 Å². The summed E-state index contributed by atoms with van der Waals surface area (Å²) in [5.41, 5.74) is 2.03. The number of hydrogen-bond donors (Lipinski definition) is 2. The van der Waals surface area contributed by atoms with Gasteiger partial charge in [0.1, 0.15) is 0 Å². The number of aryl methyl sites for hydroxylation is 1. The quantitative estimate of drug-likeness (QED) is 0.249. The van der Waals surface area contributed by atoms with Gasteiger partial charge in [-0.1, -0.05) is 78.6 Å². The van der Waals surface area contributed by atoms with Gasteiger partial charge in [0.05, 0.1) is 27.5 Å². The van der Waals surface area contributed by atoms with Crippen molar-refractivity contribution in [1.29, 1.82) is 0 Å². The average Bonchev–Trinajstić information content (AvgIpc) is 3.21. The van der Waals surface area contributed by atoms with Gasteiger partial charge in [-0.05, 0) is 37.1 Å². The van der Waals surface area contributed by atoms with Crippen molar-refractivity contribution < 1.29 is 9.59 Å². The van der Waals surface area contributed by atoms with Crippen LogP contribution in [-0.4, -0.2) is 32.3 Å². The number of carbonyl (C=O) groups excluding carboxylic acids is 2. The normalized spacial score (nSPS) is 11.8. The molecule has 184 valence electrons. The first-order chi connectivity index (χ1) is 16.7. The van der Waals surface area contributed by atoms with E-state index >= 15 is 0 Å². The molecule has 35 heavy (non-hydrogen) atoms. The number of thioether (sulfide) groups is 1. The van der Waals surface area contributed by atoms with Crippen LogP contribution in [0.15, 0.2) is 60.3 Å².